The summed E-state index contributed by atoms with van der Waals surface area (Å²) in [6, 6.07) is 55.3. The number of anilines is 3. The predicted octanol–water partition coefficient (Wildman–Crippen LogP) is 13.6. The summed E-state index contributed by atoms with van der Waals surface area (Å²) >= 11 is 0. The molecule has 1 heterocycles. The van der Waals surface area contributed by atoms with Crippen molar-refractivity contribution in [2.45, 2.75) is 12.8 Å². The van der Waals surface area contributed by atoms with Gasteiger partial charge in [0, 0.05) is 16.8 Å². The van der Waals surface area contributed by atoms with Gasteiger partial charge in [-0.3, -0.25) is 0 Å². The number of benzene rings is 7. The molecule has 6 bridgehead atoms. The zero-order valence-corrected chi connectivity index (χ0v) is 27.4. The van der Waals surface area contributed by atoms with Crippen LogP contribution < -0.4 is 4.90 Å². The summed E-state index contributed by atoms with van der Waals surface area (Å²) in [5.74, 6) is 0. The quantitative estimate of drug-likeness (QED) is 0.191. The van der Waals surface area contributed by atoms with E-state index < -0.39 is 0 Å². The Morgan fingerprint density at radius 1 is 0.480 bits per heavy atom. The van der Waals surface area contributed by atoms with Crippen molar-refractivity contribution >= 4 is 50.1 Å². The van der Waals surface area contributed by atoms with Gasteiger partial charge in [-0.1, -0.05) is 121 Å². The number of hydrogen-bond acceptors (Lipinski definition) is 2. The van der Waals surface area contributed by atoms with Gasteiger partial charge < -0.3 is 9.32 Å². The van der Waals surface area contributed by atoms with Crippen LogP contribution in [-0.2, 0) is 0 Å². The molecule has 2 nitrogen and oxygen atoms in total. The first-order chi connectivity index (χ1) is 24.8. The highest BCUT2D eigenvalue weighted by atomic mass is 16.3. The molecule has 3 aliphatic rings. The Morgan fingerprint density at radius 2 is 1.16 bits per heavy atom. The van der Waals surface area contributed by atoms with Gasteiger partial charge in [-0.2, -0.15) is 0 Å². The number of para-hydroxylation sites is 1. The first-order valence-corrected chi connectivity index (χ1v) is 17.5. The third-order valence-corrected chi connectivity index (χ3v) is 10.9. The van der Waals surface area contributed by atoms with Crippen LogP contribution in [-0.4, -0.2) is 0 Å². The molecule has 7 aromatic carbocycles. The van der Waals surface area contributed by atoms with E-state index in [1.807, 2.05) is 6.07 Å². The number of allylic oxidation sites excluding steroid dienone is 4. The lowest BCUT2D eigenvalue weighted by Crippen LogP contribution is -2.11. The molecule has 0 aliphatic heterocycles. The Balaban J connectivity index is 1.19. The van der Waals surface area contributed by atoms with E-state index in [1.54, 1.807) is 0 Å². The minimum atomic E-state index is 0.885. The van der Waals surface area contributed by atoms with E-state index in [-0.39, 0.29) is 0 Å². The number of nitrogens with zero attached hydrogens (tertiary/aromatic N) is 1. The third kappa shape index (κ3) is 3.90. The molecule has 50 heavy (non-hydrogen) atoms. The van der Waals surface area contributed by atoms with Crippen LogP contribution in [0.1, 0.15) is 24.0 Å². The fraction of sp³-hybridized carbons (Fsp3) is 0.0417. The van der Waals surface area contributed by atoms with Crippen LogP contribution in [0.15, 0.2) is 168 Å². The molecule has 0 atom stereocenters. The molecule has 11 rings (SSSR count). The van der Waals surface area contributed by atoms with Gasteiger partial charge in [0.2, 0.25) is 0 Å². The summed E-state index contributed by atoms with van der Waals surface area (Å²) in [6.07, 6.45) is 6.86. The molecule has 1 aromatic heterocycles. The Labute approximate surface area is 290 Å². The highest BCUT2D eigenvalue weighted by Crippen LogP contribution is 2.57. The molecule has 0 spiro atoms. The predicted molar refractivity (Wildman–Crippen MR) is 209 cm³/mol. The fourth-order valence-electron chi connectivity index (χ4n) is 8.71. The van der Waals surface area contributed by atoms with Gasteiger partial charge in [0.25, 0.3) is 0 Å². The average Bonchev–Trinajstić information content (AvgIpc) is 3.52. The Kier molecular flexibility index (Phi) is 5.82. The highest BCUT2D eigenvalue weighted by molar-refractivity contribution is 6.17. The van der Waals surface area contributed by atoms with Crippen LogP contribution in [0, 0.1) is 0 Å². The van der Waals surface area contributed by atoms with Crippen LogP contribution in [0.5, 0.6) is 0 Å². The van der Waals surface area contributed by atoms with Crippen LogP contribution in [0.2, 0.25) is 0 Å². The van der Waals surface area contributed by atoms with Gasteiger partial charge in [-0.25, -0.2) is 0 Å². The van der Waals surface area contributed by atoms with Crippen molar-refractivity contribution in [3.05, 3.63) is 175 Å². The number of fused-ring (bicyclic) bond motifs is 6. The topological polar surface area (TPSA) is 16.4 Å². The lowest BCUT2D eigenvalue weighted by atomic mass is 9.80. The molecule has 0 N–H and O–H groups in total. The maximum Gasteiger partial charge on any atom is 0.137 e. The number of rotatable bonds is 4. The van der Waals surface area contributed by atoms with Gasteiger partial charge in [0.1, 0.15) is 11.2 Å². The smallest absolute Gasteiger partial charge is 0.137 e. The normalized spacial score (nSPS) is 13.7. The number of hydrogen-bond donors (Lipinski definition) is 0. The lowest BCUT2D eigenvalue weighted by molar-refractivity contribution is 0.669. The first kappa shape index (κ1) is 27.6. The van der Waals surface area contributed by atoms with Crippen LogP contribution in [0.4, 0.5) is 17.1 Å². The molecule has 8 aromatic rings. The SMILES string of the molecule is C1=CC2=C(CC1)c1c3cccc1-c1cccc2c1-c1cc(N(c2ccc(-c4ccccc4)cc2)c2cccc4oc5ccccc5c24)ccc1-3. The van der Waals surface area contributed by atoms with Crippen molar-refractivity contribution in [2.24, 2.45) is 0 Å². The van der Waals surface area contributed by atoms with Crippen molar-refractivity contribution in [3.63, 3.8) is 0 Å². The zero-order valence-electron chi connectivity index (χ0n) is 27.4. The van der Waals surface area contributed by atoms with Gasteiger partial charge in [0.15, 0.2) is 0 Å². The molecule has 0 radical (unpaired) electrons. The van der Waals surface area contributed by atoms with Gasteiger partial charge >= 0.3 is 0 Å². The van der Waals surface area contributed by atoms with Crippen molar-refractivity contribution in [1.29, 1.82) is 0 Å². The van der Waals surface area contributed by atoms with Gasteiger partial charge in [-0.05, 0) is 122 Å². The van der Waals surface area contributed by atoms with Crippen molar-refractivity contribution in [2.75, 3.05) is 4.90 Å². The molecule has 0 saturated heterocycles. The summed E-state index contributed by atoms with van der Waals surface area (Å²) in [5, 5.41) is 2.23. The Bertz CT molecular complexity index is 2740. The largest absolute Gasteiger partial charge is 0.456 e. The van der Waals surface area contributed by atoms with E-state index in [0.717, 1.165) is 51.8 Å². The van der Waals surface area contributed by atoms with Gasteiger partial charge in [0.05, 0.1) is 11.1 Å². The minimum Gasteiger partial charge on any atom is -0.456 e. The molecule has 0 unspecified atom stereocenters. The minimum absolute atomic E-state index is 0.885. The van der Waals surface area contributed by atoms with Crippen LogP contribution in [0.3, 0.4) is 0 Å². The lowest BCUT2D eigenvalue weighted by Gasteiger charge is -2.29. The van der Waals surface area contributed by atoms with E-state index in [4.69, 9.17) is 4.42 Å². The van der Waals surface area contributed by atoms with E-state index in [1.165, 1.54) is 66.8 Å². The third-order valence-electron chi connectivity index (χ3n) is 10.9. The summed E-state index contributed by atoms with van der Waals surface area (Å²) in [7, 11) is 0. The molecule has 0 fully saturated rings. The highest BCUT2D eigenvalue weighted by Gasteiger charge is 2.32. The molecule has 0 saturated carbocycles. The fourth-order valence-corrected chi connectivity index (χ4v) is 8.71. The van der Waals surface area contributed by atoms with E-state index in [9.17, 15) is 0 Å². The second kappa shape index (κ2) is 10.6. The monoisotopic (exact) mass is 637 g/mol. The summed E-state index contributed by atoms with van der Waals surface area (Å²) in [6.45, 7) is 0. The molecule has 0 amide bonds. The first-order valence-electron chi connectivity index (χ1n) is 17.5. The Hall–Kier alpha value is -6.38. The standard InChI is InChI=1S/C48H31NO/c1-2-11-30(12-3-1)31-23-25-32(26-24-31)49(43-20-10-22-45-48(43)41-15-6-7-21-44(41)50-45)33-27-28-35-38-17-9-18-39-40-19-8-16-37(47(40)42(35)29-33)34-13-4-5-14-36(34)46(38)39/h1-4,6-13,15-29H,5,14H2. The molecule has 3 aliphatic carbocycles. The summed E-state index contributed by atoms with van der Waals surface area (Å²) < 4.78 is 6.42. The van der Waals surface area contributed by atoms with E-state index in [2.05, 4.69) is 163 Å². The van der Waals surface area contributed by atoms with Gasteiger partial charge in [-0.15, -0.1) is 0 Å². The molecular formula is C48H31NO. The average molecular weight is 638 g/mol. The summed E-state index contributed by atoms with van der Waals surface area (Å²) in [4.78, 5) is 2.42. The number of furan rings is 1. The second-order valence-electron chi connectivity index (χ2n) is 13.5. The van der Waals surface area contributed by atoms with Crippen molar-refractivity contribution in [3.8, 4) is 44.5 Å². The maximum atomic E-state index is 6.42. The molecular weight excluding hydrogens is 607 g/mol. The molecule has 234 valence electrons. The second-order valence-corrected chi connectivity index (χ2v) is 13.5. The zero-order chi connectivity index (χ0) is 32.8. The van der Waals surface area contributed by atoms with Crippen LogP contribution in [0.25, 0.3) is 77.6 Å². The summed E-state index contributed by atoms with van der Waals surface area (Å²) in [5.41, 5.74) is 21.0. The Morgan fingerprint density at radius 3 is 2.02 bits per heavy atom. The maximum absolute atomic E-state index is 6.42. The molecule has 2 heteroatoms. The van der Waals surface area contributed by atoms with Crippen LogP contribution >= 0.6 is 0 Å². The van der Waals surface area contributed by atoms with Crippen molar-refractivity contribution in [1.82, 2.24) is 0 Å². The van der Waals surface area contributed by atoms with E-state index >= 15 is 0 Å². The van der Waals surface area contributed by atoms with Crippen molar-refractivity contribution < 1.29 is 4.42 Å². The van der Waals surface area contributed by atoms with E-state index in [0.29, 0.717) is 0 Å².